The summed E-state index contributed by atoms with van der Waals surface area (Å²) in [5, 5.41) is 7.01. The Bertz CT molecular complexity index is 409. The van der Waals surface area contributed by atoms with Gasteiger partial charge in [-0.2, -0.15) is 5.10 Å². The molecule has 1 fully saturated rings. The number of hydrogen-bond acceptors (Lipinski definition) is 3. The molecule has 2 heterocycles. The van der Waals surface area contributed by atoms with E-state index in [1.807, 2.05) is 6.07 Å². The van der Waals surface area contributed by atoms with E-state index < -0.39 is 0 Å². The lowest BCUT2D eigenvalue weighted by molar-refractivity contribution is -0.122. The summed E-state index contributed by atoms with van der Waals surface area (Å²) < 4.78 is 7.43. The largest absolute Gasteiger partial charge is 0.377 e. The van der Waals surface area contributed by atoms with Gasteiger partial charge in [0.15, 0.2) is 0 Å². The van der Waals surface area contributed by atoms with Gasteiger partial charge in [0.25, 0.3) is 0 Å². The van der Waals surface area contributed by atoms with Crippen LogP contribution < -0.4 is 5.32 Å². The zero-order valence-corrected chi connectivity index (χ0v) is 11.9. The van der Waals surface area contributed by atoms with Gasteiger partial charge in [-0.3, -0.25) is 9.48 Å². The van der Waals surface area contributed by atoms with Crippen LogP contribution >= 0.6 is 0 Å². The Kier molecular flexibility index (Phi) is 4.24. The summed E-state index contributed by atoms with van der Waals surface area (Å²) in [6.07, 6.45) is 4.70. The average molecular weight is 265 g/mol. The lowest BCUT2D eigenvalue weighted by Gasteiger charge is -2.31. The summed E-state index contributed by atoms with van der Waals surface area (Å²) in [6, 6.07) is 1.81. The number of rotatable bonds is 4. The maximum atomic E-state index is 11.8. The Balaban J connectivity index is 1.80. The third-order valence-corrected chi connectivity index (χ3v) is 3.49. The van der Waals surface area contributed by atoms with Crippen LogP contribution in [0, 0.1) is 11.3 Å². The van der Waals surface area contributed by atoms with Gasteiger partial charge >= 0.3 is 0 Å². The van der Waals surface area contributed by atoms with Crippen molar-refractivity contribution in [1.29, 1.82) is 0 Å². The summed E-state index contributed by atoms with van der Waals surface area (Å²) in [4.78, 5) is 11.8. The lowest BCUT2D eigenvalue weighted by atomic mass is 9.81. The van der Waals surface area contributed by atoms with Crippen molar-refractivity contribution in [2.45, 2.75) is 39.8 Å². The fourth-order valence-corrected chi connectivity index (χ4v) is 2.64. The molecule has 19 heavy (non-hydrogen) atoms. The quantitative estimate of drug-likeness (QED) is 0.896. The molecule has 1 N–H and O–H groups in total. The molecule has 2 atom stereocenters. The highest BCUT2D eigenvalue weighted by atomic mass is 16.5. The van der Waals surface area contributed by atoms with Gasteiger partial charge in [0.05, 0.1) is 6.10 Å². The average Bonchev–Trinajstić information content (AvgIpc) is 2.95. The van der Waals surface area contributed by atoms with Gasteiger partial charge < -0.3 is 10.1 Å². The van der Waals surface area contributed by atoms with Gasteiger partial charge in [0.2, 0.25) is 5.91 Å². The van der Waals surface area contributed by atoms with Gasteiger partial charge in [-0.15, -0.1) is 0 Å². The highest BCUT2D eigenvalue weighted by Gasteiger charge is 2.37. The molecule has 1 aliphatic heterocycles. The van der Waals surface area contributed by atoms with E-state index in [0.717, 1.165) is 13.0 Å². The summed E-state index contributed by atoms with van der Waals surface area (Å²) in [5.74, 6) is 0.407. The lowest BCUT2D eigenvalue weighted by Crippen LogP contribution is -2.39. The third kappa shape index (κ3) is 3.80. The van der Waals surface area contributed by atoms with E-state index in [4.69, 9.17) is 4.74 Å². The molecule has 1 aromatic rings. The molecule has 5 nitrogen and oxygen atoms in total. The van der Waals surface area contributed by atoms with E-state index in [9.17, 15) is 4.79 Å². The molecule has 0 saturated carbocycles. The van der Waals surface area contributed by atoms with Crippen LogP contribution in [0.25, 0.3) is 0 Å². The van der Waals surface area contributed by atoms with Crippen LogP contribution in [-0.2, 0) is 16.1 Å². The summed E-state index contributed by atoms with van der Waals surface area (Å²) in [6.45, 7) is 8.30. The minimum absolute atomic E-state index is 0.00302. The number of carbonyl (C=O) groups excluding carboxylic acids is 1. The molecule has 1 amide bonds. The maximum Gasteiger partial charge on any atom is 0.241 e. The molecule has 0 aromatic carbocycles. The molecule has 106 valence electrons. The summed E-state index contributed by atoms with van der Waals surface area (Å²) in [5.41, 5.74) is 0.119. The zero-order chi connectivity index (χ0) is 13.9. The van der Waals surface area contributed by atoms with E-state index in [1.165, 1.54) is 0 Å². The van der Waals surface area contributed by atoms with Crippen LogP contribution in [0.5, 0.6) is 0 Å². The van der Waals surface area contributed by atoms with Crippen LogP contribution in [-0.4, -0.2) is 34.9 Å². The van der Waals surface area contributed by atoms with Crippen LogP contribution in [0.1, 0.15) is 27.2 Å². The van der Waals surface area contributed by atoms with Crippen molar-refractivity contribution in [2.75, 3.05) is 13.2 Å². The number of carbonyl (C=O) groups is 1. The number of ether oxygens (including phenoxy) is 1. The van der Waals surface area contributed by atoms with Crippen molar-refractivity contribution >= 4 is 5.91 Å². The van der Waals surface area contributed by atoms with Crippen molar-refractivity contribution in [3.63, 3.8) is 0 Å². The normalized spacial score (nSPS) is 23.5. The molecule has 1 aliphatic rings. The molecule has 0 bridgehead atoms. The van der Waals surface area contributed by atoms with Crippen LogP contribution in [0.15, 0.2) is 18.5 Å². The third-order valence-electron chi connectivity index (χ3n) is 3.49. The second-order valence-electron chi connectivity index (χ2n) is 6.21. The Morgan fingerprint density at radius 3 is 2.95 bits per heavy atom. The van der Waals surface area contributed by atoms with Crippen LogP contribution in [0.2, 0.25) is 0 Å². The summed E-state index contributed by atoms with van der Waals surface area (Å²) >= 11 is 0. The first-order valence-electron chi connectivity index (χ1n) is 6.82. The molecule has 0 unspecified atom stereocenters. The van der Waals surface area contributed by atoms with Gasteiger partial charge in [-0.25, -0.2) is 0 Å². The fourth-order valence-electron chi connectivity index (χ4n) is 2.64. The van der Waals surface area contributed by atoms with E-state index >= 15 is 0 Å². The predicted molar refractivity (Wildman–Crippen MR) is 72.5 cm³/mol. The highest BCUT2D eigenvalue weighted by Crippen LogP contribution is 2.34. The van der Waals surface area contributed by atoms with Gasteiger partial charge in [0.1, 0.15) is 6.54 Å². The summed E-state index contributed by atoms with van der Waals surface area (Å²) in [7, 11) is 0. The number of nitrogens with zero attached hydrogens (tertiary/aromatic N) is 2. The monoisotopic (exact) mass is 265 g/mol. The topological polar surface area (TPSA) is 56.1 Å². The van der Waals surface area contributed by atoms with E-state index in [1.54, 1.807) is 17.1 Å². The Morgan fingerprint density at radius 2 is 2.32 bits per heavy atom. The molecule has 1 aromatic heterocycles. The highest BCUT2D eigenvalue weighted by molar-refractivity contribution is 5.75. The smallest absolute Gasteiger partial charge is 0.241 e. The first-order valence-corrected chi connectivity index (χ1v) is 6.82. The maximum absolute atomic E-state index is 11.8. The molecule has 0 aliphatic carbocycles. The standard InChI is InChI=1S/C14H23N3O2/c1-14(2,3)13-11(5-8-19-13)9-15-12(18)10-17-7-4-6-16-17/h4,6-7,11,13H,5,8-10H2,1-3H3,(H,15,18)/t11-,13+/m1/s1. The minimum atomic E-state index is 0.00302. The molecular weight excluding hydrogens is 242 g/mol. The SMILES string of the molecule is CC(C)(C)[C@H]1OCC[C@@H]1CNC(=O)Cn1cccn1. The first-order chi connectivity index (χ1) is 8.97. The molecule has 0 radical (unpaired) electrons. The van der Waals surface area contributed by atoms with E-state index in [-0.39, 0.29) is 24.0 Å². The molecule has 1 saturated heterocycles. The zero-order valence-electron chi connectivity index (χ0n) is 11.9. The Labute approximate surface area is 114 Å². The second-order valence-corrected chi connectivity index (χ2v) is 6.21. The molecule has 5 heteroatoms. The van der Waals surface area contributed by atoms with Crippen molar-refractivity contribution in [3.05, 3.63) is 18.5 Å². The van der Waals surface area contributed by atoms with E-state index in [2.05, 4.69) is 31.2 Å². The van der Waals surface area contributed by atoms with Crippen molar-refractivity contribution < 1.29 is 9.53 Å². The number of aromatic nitrogens is 2. The Hall–Kier alpha value is -1.36. The Morgan fingerprint density at radius 1 is 1.53 bits per heavy atom. The van der Waals surface area contributed by atoms with Gasteiger partial charge in [-0.1, -0.05) is 20.8 Å². The van der Waals surface area contributed by atoms with Crippen molar-refractivity contribution in [3.8, 4) is 0 Å². The van der Waals surface area contributed by atoms with Crippen LogP contribution in [0.3, 0.4) is 0 Å². The minimum Gasteiger partial charge on any atom is -0.377 e. The van der Waals surface area contributed by atoms with E-state index in [0.29, 0.717) is 12.5 Å². The molecule has 0 spiro atoms. The number of hydrogen-bond donors (Lipinski definition) is 1. The predicted octanol–water partition coefficient (Wildman–Crippen LogP) is 1.45. The van der Waals surface area contributed by atoms with Crippen molar-refractivity contribution in [1.82, 2.24) is 15.1 Å². The number of nitrogens with one attached hydrogen (secondary N) is 1. The molecular formula is C14H23N3O2. The number of amides is 1. The van der Waals surface area contributed by atoms with Gasteiger partial charge in [0, 0.05) is 31.5 Å². The van der Waals surface area contributed by atoms with Gasteiger partial charge in [-0.05, 0) is 17.9 Å². The molecule has 2 rings (SSSR count). The van der Waals surface area contributed by atoms with Crippen molar-refractivity contribution in [2.24, 2.45) is 11.3 Å². The fraction of sp³-hybridized carbons (Fsp3) is 0.714. The van der Waals surface area contributed by atoms with Crippen LogP contribution in [0.4, 0.5) is 0 Å². The second kappa shape index (κ2) is 5.74. The first kappa shape index (κ1) is 14.1.